The van der Waals surface area contributed by atoms with Crippen LogP contribution < -0.4 is 0 Å². The van der Waals surface area contributed by atoms with E-state index in [1.807, 2.05) is 12.1 Å². The van der Waals surface area contributed by atoms with Gasteiger partial charge in [-0.2, -0.15) is 0 Å². The Labute approximate surface area is 108 Å². The molecule has 0 aliphatic carbocycles. The number of halogens is 2. The second kappa shape index (κ2) is 7.94. The van der Waals surface area contributed by atoms with Crippen LogP contribution in [0.4, 0.5) is 0 Å². The number of unbranched alkanes of at least 4 members (excludes halogenated alkanes) is 1. The van der Waals surface area contributed by atoms with Gasteiger partial charge in [0.1, 0.15) is 0 Å². The highest BCUT2D eigenvalue weighted by Crippen LogP contribution is 2.24. The van der Waals surface area contributed by atoms with E-state index in [2.05, 4.69) is 12.1 Å². The summed E-state index contributed by atoms with van der Waals surface area (Å²) in [6.07, 6.45) is 3.35. The van der Waals surface area contributed by atoms with Gasteiger partial charge < -0.3 is 4.74 Å². The molecule has 0 saturated heterocycles. The first kappa shape index (κ1) is 13.8. The van der Waals surface area contributed by atoms with Crippen LogP contribution in [0.15, 0.2) is 24.3 Å². The lowest BCUT2D eigenvalue weighted by Gasteiger charge is -2.14. The van der Waals surface area contributed by atoms with E-state index in [9.17, 15) is 0 Å². The third kappa shape index (κ3) is 4.73. The molecule has 0 aliphatic heterocycles. The maximum absolute atomic E-state index is 5.99. The molecule has 0 spiro atoms. The summed E-state index contributed by atoms with van der Waals surface area (Å²) in [6.45, 7) is 0.829. The molecule has 0 saturated carbocycles. The van der Waals surface area contributed by atoms with E-state index in [0.29, 0.717) is 11.8 Å². The molecular weight excluding hydrogens is 243 g/mol. The van der Waals surface area contributed by atoms with Crippen LogP contribution in [-0.2, 0) is 4.74 Å². The van der Waals surface area contributed by atoms with E-state index in [1.165, 1.54) is 5.56 Å². The van der Waals surface area contributed by atoms with E-state index in [4.69, 9.17) is 27.9 Å². The van der Waals surface area contributed by atoms with Crippen molar-refractivity contribution in [1.82, 2.24) is 0 Å². The lowest BCUT2D eigenvalue weighted by Crippen LogP contribution is -2.01. The molecule has 0 fully saturated rings. The zero-order valence-corrected chi connectivity index (χ0v) is 11.1. The Bertz CT molecular complexity index is 284. The number of benzene rings is 1. The lowest BCUT2D eigenvalue weighted by atomic mass is 9.95. The number of methoxy groups -OCH3 is 1. The van der Waals surface area contributed by atoms with E-state index < -0.39 is 0 Å². The van der Waals surface area contributed by atoms with Gasteiger partial charge in [-0.05, 0) is 36.5 Å². The predicted octanol–water partition coefficient (Wildman–Crippen LogP) is 4.48. The van der Waals surface area contributed by atoms with Crippen LogP contribution >= 0.6 is 23.2 Å². The second-order valence-corrected chi connectivity index (χ2v) is 4.64. The minimum absolute atomic E-state index is 0.427. The van der Waals surface area contributed by atoms with Gasteiger partial charge in [-0.3, -0.25) is 0 Å². The van der Waals surface area contributed by atoms with E-state index >= 15 is 0 Å². The zero-order chi connectivity index (χ0) is 11.8. The molecule has 1 nitrogen and oxygen atoms in total. The predicted molar refractivity (Wildman–Crippen MR) is 70.6 cm³/mol. The Hall–Kier alpha value is -0.240. The molecule has 1 rings (SSSR count). The van der Waals surface area contributed by atoms with Gasteiger partial charge >= 0.3 is 0 Å². The van der Waals surface area contributed by atoms with Crippen molar-refractivity contribution in [3.05, 3.63) is 34.9 Å². The molecule has 1 unspecified atom stereocenters. The zero-order valence-electron chi connectivity index (χ0n) is 9.59. The van der Waals surface area contributed by atoms with Crippen molar-refractivity contribution < 1.29 is 4.74 Å². The molecule has 1 aromatic rings. The van der Waals surface area contributed by atoms with Gasteiger partial charge in [0.15, 0.2) is 0 Å². The molecule has 0 N–H and O–H groups in total. The van der Waals surface area contributed by atoms with Crippen molar-refractivity contribution in [2.75, 3.05) is 19.6 Å². The molecule has 1 atom stereocenters. The Morgan fingerprint density at radius 3 is 2.44 bits per heavy atom. The highest BCUT2D eigenvalue weighted by atomic mass is 35.5. The van der Waals surface area contributed by atoms with Gasteiger partial charge in [0.2, 0.25) is 0 Å². The fraction of sp³-hybridized carbons (Fsp3) is 0.538. The Balaban J connectivity index is 2.44. The SMILES string of the molecule is COCCCCC(CCl)c1ccc(Cl)cc1. The summed E-state index contributed by atoms with van der Waals surface area (Å²) >= 11 is 11.8. The maximum Gasteiger partial charge on any atom is 0.0462 e. The maximum atomic E-state index is 5.99. The van der Waals surface area contributed by atoms with E-state index in [-0.39, 0.29) is 0 Å². The molecule has 0 radical (unpaired) electrons. The number of alkyl halides is 1. The molecule has 90 valence electrons. The van der Waals surface area contributed by atoms with E-state index in [1.54, 1.807) is 7.11 Å². The monoisotopic (exact) mass is 260 g/mol. The average Bonchev–Trinajstić information content (AvgIpc) is 2.31. The topological polar surface area (TPSA) is 9.23 Å². The second-order valence-electron chi connectivity index (χ2n) is 3.89. The van der Waals surface area contributed by atoms with Gasteiger partial charge in [0.25, 0.3) is 0 Å². The minimum Gasteiger partial charge on any atom is -0.385 e. The fourth-order valence-electron chi connectivity index (χ4n) is 1.70. The number of rotatable bonds is 7. The van der Waals surface area contributed by atoms with Gasteiger partial charge in [0, 0.05) is 24.6 Å². The lowest BCUT2D eigenvalue weighted by molar-refractivity contribution is 0.191. The molecular formula is C13H18Cl2O. The van der Waals surface area contributed by atoms with Gasteiger partial charge in [-0.1, -0.05) is 30.2 Å². The van der Waals surface area contributed by atoms with Crippen molar-refractivity contribution in [3.63, 3.8) is 0 Å². The van der Waals surface area contributed by atoms with Crippen LogP contribution in [0, 0.1) is 0 Å². The first-order chi connectivity index (χ1) is 7.77. The highest BCUT2D eigenvalue weighted by Gasteiger charge is 2.09. The van der Waals surface area contributed by atoms with Crippen LogP contribution in [0.1, 0.15) is 30.7 Å². The molecule has 0 heterocycles. The van der Waals surface area contributed by atoms with Gasteiger partial charge in [0.05, 0.1) is 0 Å². The average molecular weight is 261 g/mol. The van der Waals surface area contributed by atoms with Crippen LogP contribution in [0.5, 0.6) is 0 Å². The van der Waals surface area contributed by atoms with Crippen LogP contribution in [0.3, 0.4) is 0 Å². The molecule has 16 heavy (non-hydrogen) atoms. The standard InChI is InChI=1S/C13H18Cl2O/c1-16-9-3-2-4-12(10-14)11-5-7-13(15)8-6-11/h5-8,12H,2-4,9-10H2,1H3. The molecule has 1 aromatic carbocycles. The number of hydrogen-bond acceptors (Lipinski definition) is 1. The number of ether oxygens (including phenoxy) is 1. The third-order valence-electron chi connectivity index (χ3n) is 2.68. The summed E-state index contributed by atoms with van der Waals surface area (Å²) in [5.74, 6) is 1.09. The Morgan fingerprint density at radius 2 is 1.88 bits per heavy atom. The highest BCUT2D eigenvalue weighted by molar-refractivity contribution is 6.30. The van der Waals surface area contributed by atoms with Crippen molar-refractivity contribution in [3.8, 4) is 0 Å². The number of hydrogen-bond donors (Lipinski definition) is 0. The van der Waals surface area contributed by atoms with E-state index in [0.717, 1.165) is 30.9 Å². The van der Waals surface area contributed by atoms with Crippen molar-refractivity contribution in [2.24, 2.45) is 0 Å². The largest absolute Gasteiger partial charge is 0.385 e. The summed E-state index contributed by atoms with van der Waals surface area (Å²) < 4.78 is 5.03. The Kier molecular flexibility index (Phi) is 6.86. The first-order valence-corrected chi connectivity index (χ1v) is 6.49. The molecule has 0 amide bonds. The molecule has 0 aromatic heterocycles. The van der Waals surface area contributed by atoms with Crippen molar-refractivity contribution in [1.29, 1.82) is 0 Å². The summed E-state index contributed by atoms with van der Waals surface area (Å²) in [5.41, 5.74) is 1.27. The quantitative estimate of drug-likeness (QED) is 0.519. The van der Waals surface area contributed by atoms with Crippen molar-refractivity contribution in [2.45, 2.75) is 25.2 Å². The molecule has 3 heteroatoms. The summed E-state index contributed by atoms with van der Waals surface area (Å²) in [6, 6.07) is 7.97. The molecule has 0 aliphatic rings. The first-order valence-electron chi connectivity index (χ1n) is 5.58. The molecule has 0 bridgehead atoms. The van der Waals surface area contributed by atoms with Gasteiger partial charge in [-0.15, -0.1) is 11.6 Å². The van der Waals surface area contributed by atoms with Crippen LogP contribution in [-0.4, -0.2) is 19.6 Å². The fourth-order valence-corrected chi connectivity index (χ4v) is 2.16. The van der Waals surface area contributed by atoms with Crippen LogP contribution in [0.25, 0.3) is 0 Å². The minimum atomic E-state index is 0.427. The smallest absolute Gasteiger partial charge is 0.0462 e. The summed E-state index contributed by atoms with van der Waals surface area (Å²) in [7, 11) is 1.73. The normalized spacial score (nSPS) is 12.7. The third-order valence-corrected chi connectivity index (χ3v) is 3.30. The van der Waals surface area contributed by atoms with Crippen LogP contribution in [0.2, 0.25) is 5.02 Å². The Morgan fingerprint density at radius 1 is 1.19 bits per heavy atom. The van der Waals surface area contributed by atoms with Gasteiger partial charge in [-0.25, -0.2) is 0 Å². The summed E-state index contributed by atoms with van der Waals surface area (Å²) in [5, 5.41) is 0.774. The van der Waals surface area contributed by atoms with Crippen molar-refractivity contribution >= 4 is 23.2 Å². The summed E-state index contributed by atoms with van der Waals surface area (Å²) in [4.78, 5) is 0.